The summed E-state index contributed by atoms with van der Waals surface area (Å²) >= 11 is 0. The Labute approximate surface area is 82.8 Å². The minimum atomic E-state index is -4.66. The number of hydrogen-bond acceptors (Lipinski definition) is 3. The molecule has 0 bridgehead atoms. The summed E-state index contributed by atoms with van der Waals surface area (Å²) in [4.78, 5) is 16.9. The molecule has 1 aromatic heterocycles. The molecule has 1 rings (SSSR count). The van der Waals surface area contributed by atoms with Crippen LogP contribution in [0.1, 0.15) is 27.6 Å². The second-order valence-electron chi connectivity index (χ2n) is 2.90. The molecule has 0 saturated carbocycles. The van der Waals surface area contributed by atoms with Gasteiger partial charge < -0.3 is 5.11 Å². The van der Waals surface area contributed by atoms with Crippen LogP contribution in [0.15, 0.2) is 0 Å². The highest BCUT2D eigenvalue weighted by Gasteiger charge is 2.36. The molecule has 7 heteroatoms. The molecule has 4 nitrogen and oxygen atoms in total. The Morgan fingerprint density at radius 2 is 1.60 bits per heavy atom. The summed E-state index contributed by atoms with van der Waals surface area (Å²) in [6, 6.07) is 0. The van der Waals surface area contributed by atoms with Gasteiger partial charge in [0.25, 0.3) is 0 Å². The molecule has 0 aliphatic carbocycles. The third-order valence-corrected chi connectivity index (χ3v) is 1.74. The van der Waals surface area contributed by atoms with Crippen LogP contribution >= 0.6 is 0 Å². The van der Waals surface area contributed by atoms with Crippen molar-refractivity contribution in [1.82, 2.24) is 9.97 Å². The van der Waals surface area contributed by atoms with Gasteiger partial charge in [-0.2, -0.15) is 13.2 Å². The molecule has 1 N–H and O–H groups in total. The topological polar surface area (TPSA) is 63.1 Å². The van der Waals surface area contributed by atoms with E-state index in [0.29, 0.717) is 0 Å². The van der Waals surface area contributed by atoms with E-state index in [0.717, 1.165) is 0 Å². The van der Waals surface area contributed by atoms with Crippen molar-refractivity contribution < 1.29 is 23.1 Å². The van der Waals surface area contributed by atoms with Crippen LogP contribution in [0.4, 0.5) is 13.2 Å². The van der Waals surface area contributed by atoms with E-state index >= 15 is 0 Å². The Kier molecular flexibility index (Phi) is 2.65. The largest absolute Gasteiger partial charge is 0.478 e. The SMILES string of the molecule is Cc1nc(C(F)(F)F)nc(C)c1C(=O)O. The van der Waals surface area contributed by atoms with Crippen molar-refractivity contribution in [2.24, 2.45) is 0 Å². The van der Waals surface area contributed by atoms with Crippen LogP contribution in [0, 0.1) is 13.8 Å². The Morgan fingerprint density at radius 3 is 1.87 bits per heavy atom. The number of aryl methyl sites for hydroxylation is 2. The molecule has 0 amide bonds. The van der Waals surface area contributed by atoms with Crippen LogP contribution in [0.2, 0.25) is 0 Å². The van der Waals surface area contributed by atoms with Gasteiger partial charge in [-0.1, -0.05) is 0 Å². The Bertz CT molecular complexity index is 392. The third kappa shape index (κ3) is 2.23. The van der Waals surface area contributed by atoms with Gasteiger partial charge in [0.15, 0.2) is 0 Å². The zero-order valence-corrected chi connectivity index (χ0v) is 7.88. The molecule has 0 saturated heterocycles. The average molecular weight is 220 g/mol. The lowest BCUT2D eigenvalue weighted by Crippen LogP contribution is -2.16. The van der Waals surface area contributed by atoms with Crippen LogP contribution in [-0.2, 0) is 6.18 Å². The minimum Gasteiger partial charge on any atom is -0.478 e. The number of aromatic carboxylic acids is 1. The van der Waals surface area contributed by atoms with Crippen molar-refractivity contribution in [2.45, 2.75) is 20.0 Å². The average Bonchev–Trinajstić information content (AvgIpc) is 1.99. The summed E-state index contributed by atoms with van der Waals surface area (Å²) in [5.41, 5.74) is -0.673. The van der Waals surface area contributed by atoms with Crippen LogP contribution in [0.5, 0.6) is 0 Å². The smallest absolute Gasteiger partial charge is 0.451 e. The second kappa shape index (κ2) is 3.48. The highest BCUT2D eigenvalue weighted by atomic mass is 19.4. The van der Waals surface area contributed by atoms with E-state index in [1.54, 1.807) is 0 Å². The molecule has 0 unspecified atom stereocenters. The van der Waals surface area contributed by atoms with Gasteiger partial charge in [0, 0.05) is 0 Å². The highest BCUT2D eigenvalue weighted by Crippen LogP contribution is 2.27. The number of nitrogens with zero attached hydrogens (tertiary/aromatic N) is 2. The first-order chi connectivity index (χ1) is 6.73. The predicted molar refractivity (Wildman–Crippen MR) is 43.5 cm³/mol. The van der Waals surface area contributed by atoms with Gasteiger partial charge in [0.05, 0.1) is 11.4 Å². The summed E-state index contributed by atoms with van der Waals surface area (Å²) in [5.74, 6) is -2.65. The van der Waals surface area contributed by atoms with Gasteiger partial charge in [0.2, 0.25) is 5.82 Å². The Balaban J connectivity index is 3.39. The number of alkyl halides is 3. The fourth-order valence-corrected chi connectivity index (χ4v) is 1.15. The van der Waals surface area contributed by atoms with E-state index in [1.807, 2.05) is 0 Å². The first-order valence-corrected chi connectivity index (χ1v) is 3.89. The molecule has 0 aromatic carbocycles. The van der Waals surface area contributed by atoms with Crippen molar-refractivity contribution in [3.8, 4) is 0 Å². The minimum absolute atomic E-state index is 0.192. The standard InChI is InChI=1S/C8H7F3N2O2/c1-3-5(6(14)15)4(2)13-7(12-3)8(9,10)11/h1-2H3,(H,14,15). The number of rotatable bonds is 1. The molecule has 1 heterocycles. The fraction of sp³-hybridized carbons (Fsp3) is 0.375. The molecular weight excluding hydrogens is 213 g/mol. The zero-order chi connectivity index (χ0) is 11.8. The van der Waals surface area contributed by atoms with Crippen LogP contribution in [0.25, 0.3) is 0 Å². The molecule has 1 aromatic rings. The zero-order valence-electron chi connectivity index (χ0n) is 7.88. The molecule has 82 valence electrons. The summed E-state index contributed by atoms with van der Waals surface area (Å²) in [7, 11) is 0. The number of hydrogen-bond donors (Lipinski definition) is 1. The van der Waals surface area contributed by atoms with Crippen LogP contribution in [-0.4, -0.2) is 21.0 Å². The first kappa shape index (κ1) is 11.4. The van der Waals surface area contributed by atoms with Gasteiger partial charge in [-0.3, -0.25) is 0 Å². The lowest BCUT2D eigenvalue weighted by Gasteiger charge is -2.09. The lowest BCUT2D eigenvalue weighted by molar-refractivity contribution is -0.145. The van der Waals surface area contributed by atoms with E-state index < -0.39 is 18.0 Å². The van der Waals surface area contributed by atoms with Gasteiger partial charge >= 0.3 is 12.1 Å². The lowest BCUT2D eigenvalue weighted by atomic mass is 10.2. The van der Waals surface area contributed by atoms with Crippen molar-refractivity contribution in [1.29, 1.82) is 0 Å². The van der Waals surface area contributed by atoms with E-state index in [9.17, 15) is 18.0 Å². The van der Waals surface area contributed by atoms with Crippen LogP contribution in [0.3, 0.4) is 0 Å². The maximum atomic E-state index is 12.2. The van der Waals surface area contributed by atoms with Crippen molar-refractivity contribution in [3.63, 3.8) is 0 Å². The number of halogens is 3. The summed E-state index contributed by atoms with van der Waals surface area (Å²) < 4.78 is 36.6. The monoisotopic (exact) mass is 220 g/mol. The summed E-state index contributed by atoms with van der Waals surface area (Å²) in [6.45, 7) is 2.40. The quantitative estimate of drug-likeness (QED) is 0.783. The molecule has 0 spiro atoms. The van der Waals surface area contributed by atoms with Crippen molar-refractivity contribution in [3.05, 3.63) is 22.8 Å². The number of carbonyl (C=O) groups is 1. The van der Waals surface area contributed by atoms with E-state index in [1.165, 1.54) is 13.8 Å². The van der Waals surface area contributed by atoms with Gasteiger partial charge in [-0.05, 0) is 13.8 Å². The maximum Gasteiger partial charge on any atom is 0.451 e. The van der Waals surface area contributed by atoms with E-state index in [4.69, 9.17) is 5.11 Å². The predicted octanol–water partition coefficient (Wildman–Crippen LogP) is 1.81. The maximum absolute atomic E-state index is 12.2. The molecule has 15 heavy (non-hydrogen) atoms. The fourth-order valence-electron chi connectivity index (χ4n) is 1.15. The molecule has 0 aliphatic rings. The molecule has 0 radical (unpaired) electrons. The van der Waals surface area contributed by atoms with Gasteiger partial charge in [-0.25, -0.2) is 14.8 Å². The van der Waals surface area contributed by atoms with Gasteiger partial charge in [0.1, 0.15) is 5.56 Å². The molecule has 0 atom stereocenters. The Morgan fingerprint density at radius 1 is 1.20 bits per heavy atom. The second-order valence-corrected chi connectivity index (χ2v) is 2.90. The summed E-state index contributed by atoms with van der Waals surface area (Å²) in [6.07, 6.45) is -4.66. The summed E-state index contributed by atoms with van der Waals surface area (Å²) in [5, 5.41) is 8.68. The molecular formula is C8H7F3N2O2. The third-order valence-electron chi connectivity index (χ3n) is 1.74. The van der Waals surface area contributed by atoms with Crippen molar-refractivity contribution in [2.75, 3.05) is 0 Å². The Hall–Kier alpha value is -1.66. The molecule has 0 fully saturated rings. The van der Waals surface area contributed by atoms with Crippen LogP contribution < -0.4 is 0 Å². The highest BCUT2D eigenvalue weighted by molar-refractivity contribution is 5.89. The normalized spacial score (nSPS) is 11.5. The van der Waals surface area contributed by atoms with E-state index in [-0.39, 0.29) is 17.0 Å². The first-order valence-electron chi connectivity index (χ1n) is 3.89. The molecule has 0 aliphatic heterocycles. The number of aromatic nitrogens is 2. The van der Waals surface area contributed by atoms with Crippen molar-refractivity contribution >= 4 is 5.97 Å². The van der Waals surface area contributed by atoms with Gasteiger partial charge in [-0.15, -0.1) is 0 Å². The van der Waals surface area contributed by atoms with E-state index in [2.05, 4.69) is 9.97 Å². The number of carboxylic acids is 1. The number of carboxylic acid groups (broad SMARTS) is 1.